The Balaban J connectivity index is 1.63. The van der Waals surface area contributed by atoms with Crippen molar-refractivity contribution >= 4 is 15.9 Å². The fraction of sp³-hybridized carbons (Fsp3) is 0.632. The standard InChI is InChI=1S/C19H29N3O3S/c1-20-14-16-9-12-21(13-10-16)19(23)17-6-5-11-22(15-17)26(24,25)18-7-3-2-4-8-18/h2-4,7-8,16-17,20H,5-6,9-15H2,1H3. The zero-order chi connectivity index (χ0) is 18.6. The molecular weight excluding hydrogens is 350 g/mol. The van der Waals surface area contributed by atoms with Gasteiger partial charge in [-0.05, 0) is 57.3 Å². The molecule has 144 valence electrons. The van der Waals surface area contributed by atoms with Gasteiger partial charge in [-0.25, -0.2) is 8.42 Å². The van der Waals surface area contributed by atoms with Gasteiger partial charge in [-0.15, -0.1) is 0 Å². The van der Waals surface area contributed by atoms with Crippen molar-refractivity contribution in [3.8, 4) is 0 Å². The summed E-state index contributed by atoms with van der Waals surface area (Å²) in [6.07, 6.45) is 3.55. The number of hydrogen-bond donors (Lipinski definition) is 1. The van der Waals surface area contributed by atoms with E-state index in [9.17, 15) is 13.2 Å². The van der Waals surface area contributed by atoms with Gasteiger partial charge in [-0.1, -0.05) is 18.2 Å². The Labute approximate surface area is 156 Å². The molecule has 0 spiro atoms. The lowest BCUT2D eigenvalue weighted by molar-refractivity contribution is -0.138. The lowest BCUT2D eigenvalue weighted by Crippen LogP contribution is -2.49. The number of carbonyl (C=O) groups is 1. The Hall–Kier alpha value is -1.44. The van der Waals surface area contributed by atoms with Gasteiger partial charge in [0, 0.05) is 26.2 Å². The smallest absolute Gasteiger partial charge is 0.243 e. The second-order valence-corrected chi connectivity index (χ2v) is 9.28. The van der Waals surface area contributed by atoms with E-state index in [1.54, 1.807) is 30.3 Å². The third-order valence-electron chi connectivity index (χ3n) is 5.53. The van der Waals surface area contributed by atoms with Crippen molar-refractivity contribution in [2.45, 2.75) is 30.6 Å². The summed E-state index contributed by atoms with van der Waals surface area (Å²) in [7, 11) is -1.56. The van der Waals surface area contributed by atoms with Crippen LogP contribution in [0.15, 0.2) is 35.2 Å². The molecule has 2 saturated heterocycles. The summed E-state index contributed by atoms with van der Waals surface area (Å²) in [4.78, 5) is 15.2. The van der Waals surface area contributed by atoms with E-state index in [0.29, 0.717) is 23.9 Å². The minimum absolute atomic E-state index is 0.126. The topological polar surface area (TPSA) is 69.7 Å². The van der Waals surface area contributed by atoms with Crippen molar-refractivity contribution < 1.29 is 13.2 Å². The molecule has 0 aromatic heterocycles. The Morgan fingerprint density at radius 3 is 2.46 bits per heavy atom. The van der Waals surface area contributed by atoms with Crippen LogP contribution >= 0.6 is 0 Å². The second-order valence-electron chi connectivity index (χ2n) is 7.34. The number of hydrogen-bond acceptors (Lipinski definition) is 4. The van der Waals surface area contributed by atoms with E-state index in [-0.39, 0.29) is 11.8 Å². The first-order chi connectivity index (χ1) is 12.5. The van der Waals surface area contributed by atoms with Crippen LogP contribution in [0.1, 0.15) is 25.7 Å². The molecule has 7 heteroatoms. The molecule has 26 heavy (non-hydrogen) atoms. The summed E-state index contributed by atoms with van der Waals surface area (Å²) >= 11 is 0. The van der Waals surface area contributed by atoms with Crippen LogP contribution in [0.4, 0.5) is 0 Å². The molecule has 2 aliphatic rings. The first kappa shape index (κ1) is 19.3. The summed E-state index contributed by atoms with van der Waals surface area (Å²) in [6.45, 7) is 3.35. The maximum atomic E-state index is 12.9. The van der Waals surface area contributed by atoms with Gasteiger partial charge >= 0.3 is 0 Å². The van der Waals surface area contributed by atoms with Crippen molar-refractivity contribution in [3.05, 3.63) is 30.3 Å². The number of rotatable bonds is 5. The summed E-state index contributed by atoms with van der Waals surface area (Å²) in [5.74, 6) is 0.536. The van der Waals surface area contributed by atoms with Crippen molar-refractivity contribution in [2.75, 3.05) is 39.8 Å². The molecule has 2 heterocycles. The molecule has 0 radical (unpaired) electrons. The van der Waals surface area contributed by atoms with E-state index >= 15 is 0 Å². The number of piperidine rings is 2. The predicted molar refractivity (Wildman–Crippen MR) is 101 cm³/mol. The zero-order valence-electron chi connectivity index (χ0n) is 15.4. The summed E-state index contributed by atoms with van der Waals surface area (Å²) < 4.78 is 27.2. The van der Waals surface area contributed by atoms with E-state index in [2.05, 4.69) is 5.32 Å². The van der Waals surface area contributed by atoms with Gasteiger partial charge in [-0.2, -0.15) is 4.31 Å². The van der Waals surface area contributed by atoms with Crippen molar-refractivity contribution in [3.63, 3.8) is 0 Å². The monoisotopic (exact) mass is 379 g/mol. The molecule has 1 atom stereocenters. The maximum Gasteiger partial charge on any atom is 0.243 e. The zero-order valence-corrected chi connectivity index (χ0v) is 16.2. The molecule has 1 aromatic rings. The molecule has 1 aromatic carbocycles. The highest BCUT2D eigenvalue weighted by molar-refractivity contribution is 7.89. The fourth-order valence-electron chi connectivity index (χ4n) is 4.01. The van der Waals surface area contributed by atoms with Crippen LogP contribution in [0.5, 0.6) is 0 Å². The second kappa shape index (κ2) is 8.50. The Bertz CT molecular complexity index is 700. The number of carbonyl (C=O) groups excluding carboxylic acids is 1. The van der Waals surface area contributed by atoms with Crippen LogP contribution in [0.25, 0.3) is 0 Å². The third-order valence-corrected chi connectivity index (χ3v) is 7.41. The van der Waals surface area contributed by atoms with Gasteiger partial charge in [0.15, 0.2) is 0 Å². The minimum Gasteiger partial charge on any atom is -0.342 e. The van der Waals surface area contributed by atoms with Crippen molar-refractivity contribution in [1.29, 1.82) is 0 Å². The highest BCUT2D eigenvalue weighted by Crippen LogP contribution is 2.26. The van der Waals surface area contributed by atoms with E-state index in [0.717, 1.165) is 45.3 Å². The van der Waals surface area contributed by atoms with E-state index in [1.165, 1.54) is 4.31 Å². The van der Waals surface area contributed by atoms with Crippen molar-refractivity contribution in [1.82, 2.24) is 14.5 Å². The Kier molecular flexibility index (Phi) is 6.32. The van der Waals surface area contributed by atoms with Gasteiger partial charge < -0.3 is 10.2 Å². The predicted octanol–water partition coefficient (Wildman–Crippen LogP) is 1.55. The van der Waals surface area contributed by atoms with E-state index in [1.807, 2.05) is 11.9 Å². The Morgan fingerprint density at radius 1 is 1.12 bits per heavy atom. The summed E-state index contributed by atoms with van der Waals surface area (Å²) in [6, 6.07) is 8.50. The molecule has 1 amide bonds. The lowest BCUT2D eigenvalue weighted by Gasteiger charge is -2.37. The van der Waals surface area contributed by atoms with Crippen LogP contribution < -0.4 is 5.32 Å². The fourth-order valence-corrected chi connectivity index (χ4v) is 5.55. The molecule has 3 rings (SSSR count). The van der Waals surface area contributed by atoms with Crippen molar-refractivity contribution in [2.24, 2.45) is 11.8 Å². The molecular formula is C19H29N3O3S. The van der Waals surface area contributed by atoms with Gasteiger partial charge in [-0.3, -0.25) is 4.79 Å². The average Bonchev–Trinajstić information content (AvgIpc) is 2.69. The Morgan fingerprint density at radius 2 is 1.81 bits per heavy atom. The highest BCUT2D eigenvalue weighted by atomic mass is 32.2. The third kappa shape index (κ3) is 4.27. The first-order valence-corrected chi connectivity index (χ1v) is 10.9. The molecule has 2 fully saturated rings. The molecule has 6 nitrogen and oxygen atoms in total. The molecule has 0 saturated carbocycles. The summed E-state index contributed by atoms with van der Waals surface area (Å²) in [5.41, 5.74) is 0. The van der Waals surface area contributed by atoms with Crippen LogP contribution in [-0.4, -0.2) is 63.3 Å². The number of nitrogens with one attached hydrogen (secondary N) is 1. The highest BCUT2D eigenvalue weighted by Gasteiger charge is 2.35. The SMILES string of the molecule is CNCC1CCN(C(=O)C2CCCN(S(=O)(=O)c3ccccc3)C2)CC1. The number of likely N-dealkylation sites (tertiary alicyclic amines) is 1. The van der Waals surface area contributed by atoms with Gasteiger partial charge in [0.2, 0.25) is 15.9 Å². The van der Waals surface area contributed by atoms with Crippen LogP contribution in [0.3, 0.4) is 0 Å². The number of benzene rings is 1. The van der Waals surface area contributed by atoms with E-state index in [4.69, 9.17) is 0 Å². The molecule has 0 aliphatic carbocycles. The average molecular weight is 380 g/mol. The van der Waals surface area contributed by atoms with Gasteiger partial charge in [0.1, 0.15) is 0 Å². The molecule has 1 N–H and O–H groups in total. The number of nitrogens with zero attached hydrogens (tertiary/aromatic N) is 2. The van der Waals surface area contributed by atoms with Crippen LogP contribution in [0.2, 0.25) is 0 Å². The molecule has 0 bridgehead atoms. The largest absolute Gasteiger partial charge is 0.342 e. The van der Waals surface area contributed by atoms with Crippen LogP contribution in [-0.2, 0) is 14.8 Å². The summed E-state index contributed by atoms with van der Waals surface area (Å²) in [5, 5.41) is 3.21. The maximum absolute atomic E-state index is 12.9. The van der Waals surface area contributed by atoms with Gasteiger partial charge in [0.25, 0.3) is 0 Å². The minimum atomic E-state index is -3.52. The molecule has 1 unspecified atom stereocenters. The lowest BCUT2D eigenvalue weighted by atomic mass is 9.93. The molecule has 2 aliphatic heterocycles. The number of amides is 1. The quantitative estimate of drug-likeness (QED) is 0.843. The number of sulfonamides is 1. The normalized spacial score (nSPS) is 23.1. The van der Waals surface area contributed by atoms with Gasteiger partial charge in [0.05, 0.1) is 10.8 Å². The van der Waals surface area contributed by atoms with E-state index < -0.39 is 10.0 Å². The van der Waals surface area contributed by atoms with Crippen LogP contribution in [0, 0.1) is 11.8 Å². The first-order valence-electron chi connectivity index (χ1n) is 9.51.